The van der Waals surface area contributed by atoms with Crippen molar-refractivity contribution in [3.05, 3.63) is 28.8 Å². The smallest absolute Gasteiger partial charge is 0.314 e. The molecule has 5 nitrogen and oxygen atoms in total. The minimum atomic E-state index is -1.18. The van der Waals surface area contributed by atoms with Crippen molar-refractivity contribution < 1.29 is 19.8 Å². The number of rotatable bonds is 9. The van der Waals surface area contributed by atoms with E-state index in [1.165, 1.54) is 18.2 Å². The van der Waals surface area contributed by atoms with Crippen LogP contribution < -0.4 is 5.73 Å². The molecule has 4 N–H and O–H groups in total. The Kier molecular flexibility index (Phi) is 7.19. The van der Waals surface area contributed by atoms with Gasteiger partial charge in [-0.1, -0.05) is 30.9 Å². The lowest BCUT2D eigenvalue weighted by atomic mass is 9.92. The second-order valence-corrected chi connectivity index (χ2v) is 5.34. The second kappa shape index (κ2) is 8.64. The summed E-state index contributed by atoms with van der Waals surface area (Å²) in [4.78, 5) is 23.5. The Morgan fingerprint density at radius 3 is 2.48 bits per heavy atom. The van der Waals surface area contributed by atoms with Gasteiger partial charge >= 0.3 is 5.97 Å². The number of benzene rings is 1. The van der Waals surface area contributed by atoms with Crippen LogP contribution in [0.4, 0.5) is 0 Å². The lowest BCUT2D eigenvalue weighted by Crippen LogP contribution is -2.24. The number of phenols is 1. The molecule has 0 radical (unpaired) electrons. The van der Waals surface area contributed by atoms with Gasteiger partial charge in [-0.2, -0.15) is 0 Å². The number of carboxylic acid groups (broad SMARTS) is 1. The van der Waals surface area contributed by atoms with Gasteiger partial charge in [0.25, 0.3) is 0 Å². The van der Waals surface area contributed by atoms with Crippen LogP contribution in [-0.2, 0) is 4.79 Å². The van der Waals surface area contributed by atoms with Crippen LogP contribution in [0.5, 0.6) is 5.75 Å². The molecule has 0 saturated heterocycles. The number of halogens is 1. The molecule has 0 aromatic heterocycles. The minimum absolute atomic E-state index is 0.0446. The molecule has 0 aliphatic heterocycles. The number of Topliss-reactive ketones (excluding diaryl/α,β-unsaturated/α-hetero) is 1. The van der Waals surface area contributed by atoms with Gasteiger partial charge in [0.1, 0.15) is 11.7 Å². The number of nitrogens with two attached hydrogens (primary N) is 1. The number of carbonyl (C=O) groups is 2. The summed E-state index contributed by atoms with van der Waals surface area (Å²) in [5.41, 5.74) is 5.34. The SMILES string of the molecule is NCCCCCCC(C(=O)O)C(=O)c1cc(Cl)ccc1O. The fourth-order valence-corrected chi connectivity index (χ4v) is 2.28. The summed E-state index contributed by atoms with van der Waals surface area (Å²) in [6.45, 7) is 0.609. The first-order valence-corrected chi connectivity index (χ1v) is 7.30. The largest absolute Gasteiger partial charge is 0.507 e. The van der Waals surface area contributed by atoms with E-state index >= 15 is 0 Å². The van der Waals surface area contributed by atoms with Crippen LogP contribution >= 0.6 is 11.6 Å². The monoisotopic (exact) mass is 313 g/mol. The molecule has 0 heterocycles. The van der Waals surface area contributed by atoms with Crippen LogP contribution in [0.1, 0.15) is 42.5 Å². The van der Waals surface area contributed by atoms with Crippen molar-refractivity contribution in [2.75, 3.05) is 6.54 Å². The zero-order valence-corrected chi connectivity index (χ0v) is 12.5. The number of hydrogen-bond acceptors (Lipinski definition) is 4. The van der Waals surface area contributed by atoms with Gasteiger partial charge in [0.05, 0.1) is 5.56 Å². The molecule has 1 rings (SSSR count). The summed E-state index contributed by atoms with van der Waals surface area (Å²) >= 11 is 5.78. The van der Waals surface area contributed by atoms with Crippen LogP contribution in [0.2, 0.25) is 5.02 Å². The molecule has 1 aromatic carbocycles. The first-order valence-electron chi connectivity index (χ1n) is 6.93. The summed E-state index contributed by atoms with van der Waals surface area (Å²) in [5.74, 6) is -3.20. The Morgan fingerprint density at radius 2 is 1.86 bits per heavy atom. The molecule has 1 unspecified atom stereocenters. The van der Waals surface area contributed by atoms with Gasteiger partial charge in [0.2, 0.25) is 0 Å². The van der Waals surface area contributed by atoms with Crippen LogP contribution in [0.25, 0.3) is 0 Å². The molecule has 0 aliphatic rings. The standard InChI is InChI=1S/C15H20ClNO4/c16-10-6-7-13(18)12(9-10)14(19)11(15(20)21)5-3-1-2-4-8-17/h6-7,9,11,18H,1-5,8,17H2,(H,20,21). The Balaban J connectivity index is 2.73. The molecule has 0 saturated carbocycles. The molecule has 6 heteroatoms. The molecule has 1 aromatic rings. The molecule has 0 spiro atoms. The number of hydrogen-bond donors (Lipinski definition) is 3. The average molecular weight is 314 g/mol. The predicted octanol–water partition coefficient (Wildman–Crippen LogP) is 2.84. The van der Waals surface area contributed by atoms with E-state index in [-0.39, 0.29) is 22.8 Å². The van der Waals surface area contributed by atoms with E-state index < -0.39 is 17.7 Å². The zero-order chi connectivity index (χ0) is 15.8. The molecular weight excluding hydrogens is 294 g/mol. The minimum Gasteiger partial charge on any atom is -0.507 e. The highest BCUT2D eigenvalue weighted by molar-refractivity contribution is 6.31. The molecular formula is C15H20ClNO4. The van der Waals surface area contributed by atoms with Gasteiger partial charge in [0.15, 0.2) is 5.78 Å². The van der Waals surface area contributed by atoms with Crippen LogP contribution in [0, 0.1) is 5.92 Å². The van der Waals surface area contributed by atoms with Gasteiger partial charge < -0.3 is 15.9 Å². The molecule has 1 atom stereocenters. The highest BCUT2D eigenvalue weighted by Gasteiger charge is 2.28. The third-order valence-electron chi connectivity index (χ3n) is 3.29. The van der Waals surface area contributed by atoms with Gasteiger partial charge in [-0.3, -0.25) is 9.59 Å². The molecule has 0 fully saturated rings. The van der Waals surface area contributed by atoms with Crippen molar-refractivity contribution in [3.8, 4) is 5.75 Å². The topological polar surface area (TPSA) is 101 Å². The lowest BCUT2D eigenvalue weighted by Gasteiger charge is -2.12. The number of carboxylic acids is 1. The fourth-order valence-electron chi connectivity index (χ4n) is 2.11. The van der Waals surface area contributed by atoms with Crippen LogP contribution in [-0.4, -0.2) is 28.5 Å². The number of unbranched alkanes of at least 4 members (excludes halogenated alkanes) is 3. The van der Waals surface area contributed by atoms with Gasteiger partial charge in [0, 0.05) is 5.02 Å². The summed E-state index contributed by atoms with van der Waals surface area (Å²) in [5, 5.41) is 19.2. The normalized spacial score (nSPS) is 12.1. The van der Waals surface area contributed by atoms with Crippen LogP contribution in [0.3, 0.4) is 0 Å². The van der Waals surface area contributed by atoms with E-state index in [1.54, 1.807) is 0 Å². The first-order chi connectivity index (χ1) is 9.97. The summed E-state index contributed by atoms with van der Waals surface area (Å²) < 4.78 is 0. The highest BCUT2D eigenvalue weighted by Crippen LogP contribution is 2.26. The summed E-state index contributed by atoms with van der Waals surface area (Å²) in [6.07, 6.45) is 3.50. The van der Waals surface area contributed by atoms with Gasteiger partial charge in [-0.05, 0) is 37.6 Å². The fraction of sp³-hybridized carbons (Fsp3) is 0.467. The third-order valence-corrected chi connectivity index (χ3v) is 3.52. The van der Waals surface area contributed by atoms with Crippen molar-refractivity contribution in [2.24, 2.45) is 11.7 Å². The predicted molar refractivity (Wildman–Crippen MR) is 80.7 cm³/mol. The highest BCUT2D eigenvalue weighted by atomic mass is 35.5. The number of ketones is 1. The number of aliphatic carboxylic acids is 1. The molecule has 0 bridgehead atoms. The number of carbonyl (C=O) groups excluding carboxylic acids is 1. The van der Waals surface area contributed by atoms with Crippen LogP contribution in [0.15, 0.2) is 18.2 Å². The van der Waals surface area contributed by atoms with E-state index in [0.29, 0.717) is 13.0 Å². The molecule has 0 amide bonds. The van der Waals surface area contributed by atoms with Crippen molar-refractivity contribution in [2.45, 2.75) is 32.1 Å². The van der Waals surface area contributed by atoms with E-state index in [0.717, 1.165) is 19.3 Å². The van der Waals surface area contributed by atoms with Gasteiger partial charge in [-0.15, -0.1) is 0 Å². The van der Waals surface area contributed by atoms with Crippen molar-refractivity contribution in [1.29, 1.82) is 0 Å². The third kappa shape index (κ3) is 5.36. The van der Waals surface area contributed by atoms with E-state index in [2.05, 4.69) is 0 Å². The maximum Gasteiger partial charge on any atom is 0.314 e. The van der Waals surface area contributed by atoms with Crippen molar-refractivity contribution >= 4 is 23.4 Å². The first kappa shape index (κ1) is 17.5. The maximum atomic E-state index is 12.3. The maximum absolute atomic E-state index is 12.3. The van der Waals surface area contributed by atoms with E-state index in [4.69, 9.17) is 17.3 Å². The number of aromatic hydroxyl groups is 1. The Labute approximate surface area is 128 Å². The zero-order valence-electron chi connectivity index (χ0n) is 11.7. The molecule has 116 valence electrons. The Morgan fingerprint density at radius 1 is 1.19 bits per heavy atom. The Bertz CT molecular complexity index is 504. The van der Waals surface area contributed by atoms with Crippen molar-refractivity contribution in [1.82, 2.24) is 0 Å². The van der Waals surface area contributed by atoms with Gasteiger partial charge in [-0.25, -0.2) is 0 Å². The summed E-state index contributed by atoms with van der Waals surface area (Å²) in [6, 6.07) is 4.02. The molecule has 0 aliphatic carbocycles. The summed E-state index contributed by atoms with van der Waals surface area (Å²) in [7, 11) is 0. The van der Waals surface area contributed by atoms with E-state index in [1.807, 2.05) is 0 Å². The second-order valence-electron chi connectivity index (χ2n) is 4.91. The number of phenolic OH excluding ortho intramolecular Hbond substituents is 1. The molecule has 21 heavy (non-hydrogen) atoms. The van der Waals surface area contributed by atoms with Crippen molar-refractivity contribution in [3.63, 3.8) is 0 Å². The van der Waals surface area contributed by atoms with E-state index in [9.17, 15) is 19.8 Å². The average Bonchev–Trinajstić information content (AvgIpc) is 2.44. The lowest BCUT2D eigenvalue weighted by molar-refractivity contribution is -0.140. The quantitative estimate of drug-likeness (QED) is 0.370. The Hall–Kier alpha value is -1.59.